The van der Waals surface area contributed by atoms with Gasteiger partial charge in [-0.3, -0.25) is 0 Å². The van der Waals surface area contributed by atoms with Crippen molar-refractivity contribution in [2.45, 2.75) is 13.0 Å². The summed E-state index contributed by atoms with van der Waals surface area (Å²) in [6, 6.07) is 0. The van der Waals surface area contributed by atoms with Crippen LogP contribution in [0, 0.1) is 3.70 Å². The topological polar surface area (TPSA) is 42.4 Å². The van der Waals surface area contributed by atoms with Gasteiger partial charge in [-0.05, 0) is 22.6 Å². The fraction of sp³-hybridized carbons (Fsp3) is 0.375. The molecule has 0 aliphatic heterocycles. The summed E-state index contributed by atoms with van der Waals surface area (Å²) in [7, 11) is 1.29. The Hall–Kier alpha value is -0.500. The van der Waals surface area contributed by atoms with Gasteiger partial charge in [-0.15, -0.1) is 0 Å². The number of aromatic nitrogens is 1. The summed E-state index contributed by atoms with van der Waals surface area (Å²) in [5, 5.41) is 8.88. The molecule has 3 nitrogen and oxygen atoms in total. The number of hydrogen-bond acceptors (Lipinski definition) is 3. The monoisotopic (exact) mass is 315 g/mol. The second kappa shape index (κ2) is 4.83. The van der Waals surface area contributed by atoms with Crippen LogP contribution in [0.5, 0.6) is 5.75 Å². The Morgan fingerprint density at radius 2 is 2.29 bits per heavy atom. The highest BCUT2D eigenvalue weighted by Gasteiger charge is 2.21. The number of rotatable bonds is 3. The first kappa shape index (κ1) is 11.6. The summed E-state index contributed by atoms with van der Waals surface area (Å²) >= 11 is 1.70. The van der Waals surface area contributed by atoms with Crippen LogP contribution in [0.2, 0.25) is 0 Å². The molecule has 78 valence electrons. The van der Waals surface area contributed by atoms with E-state index in [0.717, 1.165) is 0 Å². The molecule has 1 heterocycles. The Labute approximate surface area is 93.2 Å². The van der Waals surface area contributed by atoms with E-state index in [1.54, 1.807) is 22.6 Å². The molecule has 1 rings (SSSR count). The molecule has 1 N–H and O–H groups in total. The van der Waals surface area contributed by atoms with Gasteiger partial charge < -0.3 is 9.84 Å². The van der Waals surface area contributed by atoms with E-state index < -0.39 is 6.43 Å². The fourth-order valence-electron chi connectivity index (χ4n) is 1.07. The largest absolute Gasteiger partial charge is 0.496 e. The quantitative estimate of drug-likeness (QED) is 0.686. The fourth-order valence-corrected chi connectivity index (χ4v) is 1.69. The average Bonchev–Trinajstić information content (AvgIpc) is 2.16. The van der Waals surface area contributed by atoms with E-state index >= 15 is 0 Å². The van der Waals surface area contributed by atoms with Crippen molar-refractivity contribution in [3.8, 4) is 5.75 Å². The lowest BCUT2D eigenvalue weighted by molar-refractivity contribution is 0.144. The number of halogens is 3. The van der Waals surface area contributed by atoms with Crippen molar-refractivity contribution in [2.24, 2.45) is 0 Å². The third-order valence-corrected chi connectivity index (χ3v) is 2.54. The van der Waals surface area contributed by atoms with Crippen LogP contribution in [0.1, 0.15) is 17.6 Å². The van der Waals surface area contributed by atoms with Gasteiger partial charge in [0.05, 0.1) is 19.3 Å². The minimum atomic E-state index is -2.66. The van der Waals surface area contributed by atoms with Crippen molar-refractivity contribution in [1.82, 2.24) is 4.98 Å². The Kier molecular flexibility index (Phi) is 3.99. The van der Waals surface area contributed by atoms with E-state index in [4.69, 9.17) is 9.84 Å². The number of aliphatic hydroxyl groups is 1. The Bertz CT molecular complexity index is 333. The van der Waals surface area contributed by atoms with E-state index in [-0.39, 0.29) is 27.2 Å². The zero-order valence-electron chi connectivity index (χ0n) is 7.30. The zero-order chi connectivity index (χ0) is 10.7. The molecule has 0 saturated carbocycles. The van der Waals surface area contributed by atoms with Gasteiger partial charge in [0.1, 0.15) is 9.45 Å². The van der Waals surface area contributed by atoms with Crippen molar-refractivity contribution in [3.05, 3.63) is 21.0 Å². The van der Waals surface area contributed by atoms with Gasteiger partial charge in [-0.1, -0.05) is 0 Å². The van der Waals surface area contributed by atoms with Crippen LogP contribution in [-0.4, -0.2) is 17.2 Å². The molecule has 0 atom stereocenters. The molecule has 1 aromatic rings. The maximum absolute atomic E-state index is 12.6. The summed E-state index contributed by atoms with van der Waals surface area (Å²) in [5.41, 5.74) is 0.00265. The van der Waals surface area contributed by atoms with Crippen molar-refractivity contribution < 1.29 is 18.6 Å². The molecule has 0 radical (unpaired) electrons. The normalized spacial score (nSPS) is 10.7. The number of ether oxygens (including phenoxy) is 1. The van der Waals surface area contributed by atoms with Crippen LogP contribution in [-0.2, 0) is 6.61 Å². The first-order chi connectivity index (χ1) is 6.61. The summed E-state index contributed by atoms with van der Waals surface area (Å²) < 4.78 is 30.2. The summed E-state index contributed by atoms with van der Waals surface area (Å²) in [6.07, 6.45) is -1.33. The molecule has 6 heteroatoms. The molecular weight excluding hydrogens is 307 g/mol. The summed E-state index contributed by atoms with van der Waals surface area (Å²) in [5.74, 6) is 0.0156. The second-order valence-corrected chi connectivity index (χ2v) is 3.50. The van der Waals surface area contributed by atoms with Crippen LogP contribution < -0.4 is 4.74 Å². The summed E-state index contributed by atoms with van der Waals surface area (Å²) in [6.45, 7) is -0.368. The molecule has 0 aromatic carbocycles. The van der Waals surface area contributed by atoms with Gasteiger partial charge in [0.25, 0.3) is 6.43 Å². The Morgan fingerprint density at radius 1 is 1.64 bits per heavy atom. The lowest BCUT2D eigenvalue weighted by atomic mass is 10.2. The lowest BCUT2D eigenvalue weighted by Crippen LogP contribution is -2.02. The molecular formula is C8H8F2INO2. The summed E-state index contributed by atoms with van der Waals surface area (Å²) in [4.78, 5) is 3.75. The molecule has 1 aromatic heterocycles. The molecule has 0 bridgehead atoms. The average molecular weight is 315 g/mol. The number of aliphatic hydroxyl groups excluding tert-OH is 1. The number of methoxy groups -OCH3 is 1. The maximum atomic E-state index is 12.6. The first-order valence-electron chi connectivity index (χ1n) is 3.72. The molecule has 0 unspecified atom stereocenters. The third-order valence-electron chi connectivity index (χ3n) is 1.68. The van der Waals surface area contributed by atoms with E-state index in [9.17, 15) is 8.78 Å². The minimum absolute atomic E-state index is 0.0156. The van der Waals surface area contributed by atoms with Gasteiger partial charge in [0.15, 0.2) is 0 Å². The van der Waals surface area contributed by atoms with Crippen molar-refractivity contribution >= 4 is 22.6 Å². The van der Waals surface area contributed by atoms with Gasteiger partial charge in [-0.25, -0.2) is 13.8 Å². The number of alkyl halides is 2. The van der Waals surface area contributed by atoms with E-state index in [2.05, 4.69) is 4.98 Å². The third kappa shape index (κ3) is 2.11. The van der Waals surface area contributed by atoms with Crippen molar-refractivity contribution in [3.63, 3.8) is 0 Å². The van der Waals surface area contributed by atoms with Crippen LogP contribution in [0.3, 0.4) is 0 Å². The smallest absolute Gasteiger partial charge is 0.269 e. The molecule has 0 spiro atoms. The molecule has 0 aliphatic carbocycles. The minimum Gasteiger partial charge on any atom is -0.496 e. The van der Waals surface area contributed by atoms with E-state index in [1.807, 2.05) is 0 Å². The Morgan fingerprint density at radius 3 is 2.71 bits per heavy atom. The number of hydrogen-bond donors (Lipinski definition) is 1. The second-order valence-electron chi connectivity index (χ2n) is 2.48. The molecule has 0 amide bonds. The highest BCUT2D eigenvalue weighted by atomic mass is 127. The van der Waals surface area contributed by atoms with Crippen LogP contribution >= 0.6 is 22.6 Å². The SMILES string of the molecule is COc1c(CO)cnc(I)c1C(F)F. The molecule has 0 saturated heterocycles. The standard InChI is InChI=1S/C8H8F2INO2/c1-14-6-4(3-13)2-12-8(11)5(6)7(9)10/h2,7,13H,3H2,1H3. The van der Waals surface area contributed by atoms with Crippen LogP contribution in [0.4, 0.5) is 8.78 Å². The van der Waals surface area contributed by atoms with E-state index in [1.165, 1.54) is 13.3 Å². The van der Waals surface area contributed by atoms with Gasteiger partial charge in [-0.2, -0.15) is 0 Å². The predicted molar refractivity (Wildman–Crippen MR) is 54.4 cm³/mol. The van der Waals surface area contributed by atoms with Crippen molar-refractivity contribution in [2.75, 3.05) is 7.11 Å². The predicted octanol–water partition coefficient (Wildman–Crippen LogP) is 2.12. The highest BCUT2D eigenvalue weighted by molar-refractivity contribution is 14.1. The number of nitrogens with zero attached hydrogens (tertiary/aromatic N) is 1. The van der Waals surface area contributed by atoms with Crippen molar-refractivity contribution in [1.29, 1.82) is 0 Å². The van der Waals surface area contributed by atoms with Crippen LogP contribution in [0.25, 0.3) is 0 Å². The van der Waals surface area contributed by atoms with Crippen LogP contribution in [0.15, 0.2) is 6.20 Å². The molecule has 0 aliphatic rings. The zero-order valence-corrected chi connectivity index (χ0v) is 9.46. The molecule has 14 heavy (non-hydrogen) atoms. The Balaban J connectivity index is 3.35. The van der Waals surface area contributed by atoms with Gasteiger partial charge in [0, 0.05) is 11.8 Å². The first-order valence-corrected chi connectivity index (χ1v) is 4.80. The van der Waals surface area contributed by atoms with E-state index in [0.29, 0.717) is 0 Å². The number of pyridine rings is 1. The molecule has 0 fully saturated rings. The highest BCUT2D eigenvalue weighted by Crippen LogP contribution is 2.34. The maximum Gasteiger partial charge on any atom is 0.269 e. The lowest BCUT2D eigenvalue weighted by Gasteiger charge is -2.12. The van der Waals surface area contributed by atoms with Gasteiger partial charge in [0.2, 0.25) is 0 Å². The van der Waals surface area contributed by atoms with Gasteiger partial charge >= 0.3 is 0 Å².